The molecule has 3 rings (SSSR count). The minimum absolute atomic E-state index is 0.696. The lowest BCUT2D eigenvalue weighted by atomic mass is 9.98. The molecular formula is C16H24N4O. The number of aryl methyl sites for hydroxylation is 3. The molecule has 0 aromatic carbocycles. The smallest absolute Gasteiger partial charge is 0.138 e. The van der Waals surface area contributed by atoms with Crippen molar-refractivity contribution in [1.82, 2.24) is 19.6 Å². The first kappa shape index (κ1) is 14.3. The molecule has 0 fully saturated rings. The van der Waals surface area contributed by atoms with Crippen LogP contribution in [0.15, 0.2) is 16.9 Å². The van der Waals surface area contributed by atoms with Crippen molar-refractivity contribution in [2.75, 3.05) is 13.6 Å². The number of imidazole rings is 1. The van der Waals surface area contributed by atoms with Gasteiger partial charge in [0.2, 0.25) is 0 Å². The number of hydrogen-bond acceptors (Lipinski definition) is 4. The molecule has 3 heterocycles. The number of hydrogen-bond donors (Lipinski definition) is 0. The van der Waals surface area contributed by atoms with Crippen molar-refractivity contribution in [2.45, 2.75) is 46.2 Å². The third-order valence-electron chi connectivity index (χ3n) is 4.43. The van der Waals surface area contributed by atoms with E-state index in [1.54, 1.807) is 0 Å². The molecule has 0 bridgehead atoms. The Morgan fingerprint density at radius 3 is 3.14 bits per heavy atom. The molecule has 114 valence electrons. The minimum atomic E-state index is 0.696. The second-order valence-corrected chi connectivity index (χ2v) is 6.11. The first-order valence-electron chi connectivity index (χ1n) is 7.80. The minimum Gasteiger partial charge on any atom is -0.361 e. The van der Waals surface area contributed by atoms with Crippen molar-refractivity contribution in [3.05, 3.63) is 35.2 Å². The van der Waals surface area contributed by atoms with Crippen LogP contribution in [0.4, 0.5) is 0 Å². The normalized spacial score (nSPS) is 18.2. The SMILES string of the molecule is CCc1noc(C)c1CN(C)C[C@H]1CCc2nccn2C1. The van der Waals surface area contributed by atoms with Crippen molar-refractivity contribution in [3.63, 3.8) is 0 Å². The Bertz CT molecular complexity index is 601. The van der Waals surface area contributed by atoms with E-state index in [9.17, 15) is 0 Å². The molecule has 0 unspecified atom stereocenters. The predicted molar refractivity (Wildman–Crippen MR) is 81.0 cm³/mol. The van der Waals surface area contributed by atoms with Gasteiger partial charge in [-0.05, 0) is 32.7 Å². The van der Waals surface area contributed by atoms with Crippen molar-refractivity contribution < 1.29 is 4.52 Å². The highest BCUT2D eigenvalue weighted by Gasteiger charge is 2.21. The molecule has 0 amide bonds. The maximum absolute atomic E-state index is 5.32. The molecule has 5 heteroatoms. The van der Waals surface area contributed by atoms with Crippen LogP contribution in [-0.4, -0.2) is 33.2 Å². The Morgan fingerprint density at radius 2 is 2.33 bits per heavy atom. The lowest BCUT2D eigenvalue weighted by Gasteiger charge is -2.28. The summed E-state index contributed by atoms with van der Waals surface area (Å²) >= 11 is 0. The van der Waals surface area contributed by atoms with Gasteiger partial charge >= 0.3 is 0 Å². The van der Waals surface area contributed by atoms with Gasteiger partial charge in [-0.15, -0.1) is 0 Å². The average Bonchev–Trinajstić information content (AvgIpc) is 3.06. The van der Waals surface area contributed by atoms with Crippen LogP contribution >= 0.6 is 0 Å². The van der Waals surface area contributed by atoms with Gasteiger partial charge in [0.05, 0.1) is 5.69 Å². The highest BCUT2D eigenvalue weighted by atomic mass is 16.5. The van der Waals surface area contributed by atoms with Crippen LogP contribution in [0, 0.1) is 12.8 Å². The summed E-state index contributed by atoms with van der Waals surface area (Å²) in [5.41, 5.74) is 2.36. The van der Waals surface area contributed by atoms with Crippen LogP contribution < -0.4 is 0 Å². The van der Waals surface area contributed by atoms with Crippen LogP contribution in [0.25, 0.3) is 0 Å². The van der Waals surface area contributed by atoms with Crippen LogP contribution in [0.5, 0.6) is 0 Å². The fourth-order valence-electron chi connectivity index (χ4n) is 3.28. The highest BCUT2D eigenvalue weighted by Crippen LogP contribution is 2.21. The summed E-state index contributed by atoms with van der Waals surface area (Å²) in [5.74, 6) is 2.89. The van der Waals surface area contributed by atoms with Gasteiger partial charge in [-0.3, -0.25) is 0 Å². The maximum Gasteiger partial charge on any atom is 0.138 e. The largest absolute Gasteiger partial charge is 0.361 e. The molecule has 21 heavy (non-hydrogen) atoms. The van der Waals surface area contributed by atoms with Gasteiger partial charge in [-0.1, -0.05) is 12.1 Å². The second kappa shape index (κ2) is 6.02. The van der Waals surface area contributed by atoms with Gasteiger partial charge in [0, 0.05) is 44.0 Å². The molecule has 0 N–H and O–H groups in total. The van der Waals surface area contributed by atoms with E-state index in [0.29, 0.717) is 5.92 Å². The van der Waals surface area contributed by atoms with Gasteiger partial charge in [-0.25, -0.2) is 4.98 Å². The van der Waals surface area contributed by atoms with Gasteiger partial charge in [0.15, 0.2) is 0 Å². The molecular weight excluding hydrogens is 264 g/mol. The summed E-state index contributed by atoms with van der Waals surface area (Å²) in [4.78, 5) is 6.79. The monoisotopic (exact) mass is 288 g/mol. The van der Waals surface area contributed by atoms with Crippen LogP contribution in [0.2, 0.25) is 0 Å². The third-order valence-corrected chi connectivity index (χ3v) is 4.43. The molecule has 2 aromatic rings. The van der Waals surface area contributed by atoms with E-state index in [1.807, 2.05) is 13.1 Å². The van der Waals surface area contributed by atoms with Crippen molar-refractivity contribution in [1.29, 1.82) is 0 Å². The lowest BCUT2D eigenvalue weighted by molar-refractivity contribution is 0.228. The number of rotatable bonds is 5. The van der Waals surface area contributed by atoms with Gasteiger partial charge in [0.1, 0.15) is 11.6 Å². The van der Waals surface area contributed by atoms with Crippen molar-refractivity contribution in [2.24, 2.45) is 5.92 Å². The Morgan fingerprint density at radius 1 is 1.48 bits per heavy atom. The quantitative estimate of drug-likeness (QED) is 0.848. The Hall–Kier alpha value is -1.62. The molecule has 0 saturated heterocycles. The highest BCUT2D eigenvalue weighted by molar-refractivity contribution is 5.21. The average molecular weight is 288 g/mol. The molecule has 5 nitrogen and oxygen atoms in total. The first-order chi connectivity index (χ1) is 10.2. The molecule has 0 spiro atoms. The summed E-state index contributed by atoms with van der Waals surface area (Å²) in [6.45, 7) is 7.25. The first-order valence-corrected chi connectivity index (χ1v) is 7.80. The molecule has 1 aliphatic rings. The van der Waals surface area contributed by atoms with E-state index in [-0.39, 0.29) is 0 Å². The van der Waals surface area contributed by atoms with Crippen LogP contribution in [-0.2, 0) is 25.9 Å². The van der Waals surface area contributed by atoms with Crippen LogP contribution in [0.1, 0.15) is 36.2 Å². The fraction of sp³-hybridized carbons (Fsp3) is 0.625. The summed E-state index contributed by atoms with van der Waals surface area (Å²) in [6, 6.07) is 0. The molecule has 2 aromatic heterocycles. The van der Waals surface area contributed by atoms with Gasteiger partial charge in [-0.2, -0.15) is 0 Å². The maximum atomic E-state index is 5.32. The molecule has 0 saturated carbocycles. The predicted octanol–water partition coefficient (Wildman–Crippen LogP) is 2.44. The zero-order valence-electron chi connectivity index (χ0n) is 13.2. The number of aromatic nitrogens is 3. The Kier molecular flexibility index (Phi) is 4.10. The summed E-state index contributed by atoms with van der Waals surface area (Å²) in [7, 11) is 2.19. The van der Waals surface area contributed by atoms with E-state index in [0.717, 1.165) is 43.9 Å². The van der Waals surface area contributed by atoms with Gasteiger partial charge < -0.3 is 14.0 Å². The van der Waals surface area contributed by atoms with E-state index >= 15 is 0 Å². The van der Waals surface area contributed by atoms with E-state index in [1.165, 1.54) is 17.8 Å². The summed E-state index contributed by atoms with van der Waals surface area (Å²) < 4.78 is 7.62. The number of fused-ring (bicyclic) bond motifs is 1. The Balaban J connectivity index is 1.60. The zero-order valence-corrected chi connectivity index (χ0v) is 13.2. The molecule has 0 radical (unpaired) electrons. The van der Waals surface area contributed by atoms with Crippen molar-refractivity contribution >= 4 is 0 Å². The van der Waals surface area contributed by atoms with Crippen LogP contribution in [0.3, 0.4) is 0 Å². The van der Waals surface area contributed by atoms with E-state index < -0.39 is 0 Å². The third kappa shape index (κ3) is 3.02. The molecule has 0 aliphatic carbocycles. The Labute approximate surface area is 125 Å². The molecule has 1 atom stereocenters. The lowest BCUT2D eigenvalue weighted by Crippen LogP contribution is -2.31. The topological polar surface area (TPSA) is 47.1 Å². The summed E-state index contributed by atoms with van der Waals surface area (Å²) in [6.07, 6.45) is 7.27. The number of nitrogens with zero attached hydrogens (tertiary/aromatic N) is 4. The standard InChI is InChI=1S/C16H24N4O/c1-4-15-14(12(2)21-18-15)11-19(3)9-13-5-6-16-17-7-8-20(16)10-13/h7-8,13H,4-6,9-11H2,1-3H3/t13-/m1/s1. The van der Waals surface area contributed by atoms with E-state index in [2.05, 4.69) is 39.8 Å². The van der Waals surface area contributed by atoms with Gasteiger partial charge in [0.25, 0.3) is 0 Å². The van der Waals surface area contributed by atoms with Crippen molar-refractivity contribution in [3.8, 4) is 0 Å². The zero-order chi connectivity index (χ0) is 14.8. The second-order valence-electron chi connectivity index (χ2n) is 6.11. The fourth-order valence-corrected chi connectivity index (χ4v) is 3.28. The molecule has 1 aliphatic heterocycles. The van der Waals surface area contributed by atoms with E-state index in [4.69, 9.17) is 4.52 Å². The summed E-state index contributed by atoms with van der Waals surface area (Å²) in [5, 5.41) is 4.14.